The Kier molecular flexibility index (Phi) is 8.22. The molecule has 2 saturated heterocycles. The predicted molar refractivity (Wildman–Crippen MR) is 183 cm³/mol. The van der Waals surface area contributed by atoms with Gasteiger partial charge in [-0.2, -0.15) is 12.6 Å². The van der Waals surface area contributed by atoms with Gasteiger partial charge in [-0.15, -0.1) is 0 Å². The minimum atomic E-state index is -1.18. The van der Waals surface area contributed by atoms with Crippen LogP contribution in [0.5, 0.6) is 0 Å². The van der Waals surface area contributed by atoms with Crippen LogP contribution < -0.4 is 0 Å². The molecule has 7 aliphatic rings. The van der Waals surface area contributed by atoms with Gasteiger partial charge in [0, 0.05) is 11.3 Å². The number of morpholine rings is 1. The van der Waals surface area contributed by atoms with E-state index in [1.54, 1.807) is 26.0 Å². The van der Waals surface area contributed by atoms with Crippen molar-refractivity contribution in [3.8, 4) is 0 Å². The number of benzene rings is 1. The van der Waals surface area contributed by atoms with E-state index in [4.69, 9.17) is 26.8 Å². The fourth-order valence-corrected chi connectivity index (χ4v) is 13.4. The van der Waals surface area contributed by atoms with Gasteiger partial charge in [0.05, 0.1) is 43.5 Å². The van der Waals surface area contributed by atoms with Crippen LogP contribution >= 0.6 is 12.6 Å². The summed E-state index contributed by atoms with van der Waals surface area (Å²) in [6.45, 7) is 9.63. The zero-order valence-corrected chi connectivity index (χ0v) is 30.1. The third-order valence-corrected chi connectivity index (χ3v) is 15.9. The summed E-state index contributed by atoms with van der Waals surface area (Å²) in [5, 5.41) is 21.3. The van der Waals surface area contributed by atoms with Crippen molar-refractivity contribution in [2.45, 2.75) is 139 Å². The van der Waals surface area contributed by atoms with Crippen molar-refractivity contribution in [1.82, 2.24) is 4.90 Å². The third-order valence-electron chi connectivity index (χ3n) is 15.1. The number of fused-ring (bicyclic) bond motifs is 4. The number of halogens is 1. The molecular formula is C39H56FNO6S. The summed E-state index contributed by atoms with van der Waals surface area (Å²) >= 11 is 5.56. The molecule has 0 radical (unpaired) electrons. The summed E-state index contributed by atoms with van der Waals surface area (Å²) < 4.78 is 32.9. The number of carbonyl (C=O) groups excluding carboxylic acids is 1. The number of hydrogen-bond acceptors (Lipinski definition) is 7. The number of carbonyl (C=O) groups is 1. The lowest BCUT2D eigenvalue weighted by atomic mass is 9.48. The van der Waals surface area contributed by atoms with E-state index in [0.717, 1.165) is 37.7 Å². The largest absolute Gasteiger partial charge is 0.388 e. The molecule has 48 heavy (non-hydrogen) atoms. The zero-order valence-electron chi connectivity index (χ0n) is 29.2. The molecule has 2 heterocycles. The van der Waals surface area contributed by atoms with Gasteiger partial charge < -0.3 is 29.3 Å². The van der Waals surface area contributed by atoms with E-state index >= 15 is 0 Å². The van der Waals surface area contributed by atoms with Crippen LogP contribution in [0.4, 0.5) is 4.39 Å². The predicted octanol–water partition coefficient (Wildman–Crippen LogP) is 5.94. The number of ether oxygens (including phenoxy) is 3. The Bertz CT molecular complexity index is 1400. The average Bonchev–Trinajstić information content (AvgIpc) is 3.62. The summed E-state index contributed by atoms with van der Waals surface area (Å²) in [5.74, 6) is 1.95. The lowest BCUT2D eigenvalue weighted by molar-refractivity contribution is -0.243. The van der Waals surface area contributed by atoms with Crippen molar-refractivity contribution in [3.05, 3.63) is 35.6 Å². The third kappa shape index (κ3) is 5.17. The Hall–Kier alpha value is -1.23. The fourth-order valence-electron chi connectivity index (χ4n) is 12.8. The van der Waals surface area contributed by atoms with Crippen LogP contribution in [0.1, 0.15) is 97.5 Å². The number of amides is 1. The van der Waals surface area contributed by atoms with E-state index in [1.165, 1.54) is 44.2 Å². The molecule has 7 nitrogen and oxygen atoms in total. The molecule has 9 heteroatoms. The van der Waals surface area contributed by atoms with Gasteiger partial charge in [0.25, 0.3) is 0 Å². The first-order chi connectivity index (χ1) is 22.7. The number of rotatable bonds is 6. The number of aliphatic hydroxyl groups is 2. The Labute approximate surface area is 291 Å². The molecular weight excluding hydrogens is 629 g/mol. The van der Waals surface area contributed by atoms with Gasteiger partial charge in [0.2, 0.25) is 5.91 Å². The Morgan fingerprint density at radius 1 is 1.06 bits per heavy atom. The maximum Gasteiger partial charge on any atom is 0.227 e. The molecule has 9 unspecified atom stereocenters. The highest BCUT2D eigenvalue weighted by molar-refractivity contribution is 7.81. The second kappa shape index (κ2) is 11.6. The molecule has 1 aromatic rings. The van der Waals surface area contributed by atoms with E-state index in [-0.39, 0.29) is 46.6 Å². The first-order valence-electron chi connectivity index (χ1n) is 18.8. The van der Waals surface area contributed by atoms with Gasteiger partial charge in [-0.05, 0) is 136 Å². The highest BCUT2D eigenvalue weighted by Crippen LogP contribution is 2.86. The molecule has 1 aromatic carbocycles. The van der Waals surface area contributed by atoms with Gasteiger partial charge in [-0.25, -0.2) is 4.39 Å². The zero-order chi connectivity index (χ0) is 33.9. The molecule has 1 amide bonds. The maximum absolute atomic E-state index is 13.4. The van der Waals surface area contributed by atoms with Crippen LogP contribution in [0.15, 0.2) is 24.3 Å². The van der Waals surface area contributed by atoms with Crippen molar-refractivity contribution in [3.63, 3.8) is 0 Å². The number of thiol groups is 1. The summed E-state index contributed by atoms with van der Waals surface area (Å²) in [6.07, 6.45) is 10.0. The summed E-state index contributed by atoms with van der Waals surface area (Å²) in [6, 6.07) is 6.17. The van der Waals surface area contributed by atoms with Crippen molar-refractivity contribution >= 4 is 18.5 Å². The van der Waals surface area contributed by atoms with E-state index in [0.29, 0.717) is 54.2 Å². The number of aliphatic hydroxyl groups excluding tert-OH is 1. The van der Waals surface area contributed by atoms with Crippen LogP contribution in [0.2, 0.25) is 0 Å². The second-order valence-corrected chi connectivity index (χ2v) is 18.8. The first-order valence-corrected chi connectivity index (χ1v) is 19.2. The molecule has 5 aliphatic carbocycles. The lowest BCUT2D eigenvalue weighted by Crippen LogP contribution is -2.57. The SMILES string of the molecule is CC(C)(O)[C@@H](O)C1CCC2C(CC3C4CCC5C(C)(C)[C@@H](OC6CN(C(=O)Cc7ccc(F)cc7)CCO6)CCC56C[C@@]46CCC23S)O1. The van der Waals surface area contributed by atoms with Crippen molar-refractivity contribution in [1.29, 1.82) is 0 Å². The molecule has 2 spiro atoms. The van der Waals surface area contributed by atoms with Gasteiger partial charge in [0.15, 0.2) is 6.29 Å². The van der Waals surface area contributed by atoms with Gasteiger partial charge in [-0.1, -0.05) is 26.0 Å². The molecule has 0 aromatic heterocycles. The number of nitrogens with zero attached hydrogens (tertiary/aromatic N) is 1. The summed E-state index contributed by atoms with van der Waals surface area (Å²) in [7, 11) is 0. The highest BCUT2D eigenvalue weighted by atomic mass is 32.1. The fraction of sp³-hybridized carbons (Fsp3) is 0.821. The van der Waals surface area contributed by atoms with E-state index in [9.17, 15) is 19.4 Å². The molecule has 8 rings (SSSR count). The minimum absolute atomic E-state index is 0.000783. The quantitative estimate of drug-likeness (QED) is 0.322. The Morgan fingerprint density at radius 3 is 2.56 bits per heavy atom. The monoisotopic (exact) mass is 685 g/mol. The van der Waals surface area contributed by atoms with Crippen LogP contribution in [0.3, 0.4) is 0 Å². The van der Waals surface area contributed by atoms with E-state index in [1.807, 2.05) is 4.90 Å². The summed E-state index contributed by atoms with van der Waals surface area (Å²) in [4.78, 5) is 15.0. The van der Waals surface area contributed by atoms with Crippen LogP contribution in [-0.2, 0) is 25.4 Å². The molecule has 2 aliphatic heterocycles. The molecule has 5 saturated carbocycles. The lowest BCUT2D eigenvalue weighted by Gasteiger charge is -2.59. The van der Waals surface area contributed by atoms with Crippen LogP contribution in [0.25, 0.3) is 0 Å². The van der Waals surface area contributed by atoms with Crippen LogP contribution in [0, 0.1) is 45.7 Å². The number of hydrogen-bond donors (Lipinski definition) is 3. The van der Waals surface area contributed by atoms with E-state index < -0.39 is 18.0 Å². The summed E-state index contributed by atoms with van der Waals surface area (Å²) in [5.41, 5.74) is 0.394. The average molecular weight is 686 g/mol. The normalized spacial score (nSPS) is 45.2. The smallest absolute Gasteiger partial charge is 0.227 e. The minimum Gasteiger partial charge on any atom is -0.388 e. The molecule has 2 N–H and O–H groups in total. The standard InChI is InChI=1S/C39H56FNO6S/c1-35(2)30-12-10-25-27-20-29-26(9-11-28(46-29)34(43)36(3,4)44)39(27,48)16-15-37(25)22-38(30,37)14-13-31(35)47-33-21-41(17-18-45-33)32(42)19-23-5-7-24(40)8-6-23/h5-8,25-31,33-34,43-44,48H,9-22H2,1-4H3/t25?,26?,27?,28?,29?,30?,31-,33?,34-,37-,38?,39?/m0/s1. The molecule has 12 atom stereocenters. The second-order valence-electron chi connectivity index (χ2n) is 18.0. The van der Waals surface area contributed by atoms with Gasteiger partial charge in [0.1, 0.15) is 11.9 Å². The molecule has 7 fully saturated rings. The van der Waals surface area contributed by atoms with Gasteiger partial charge >= 0.3 is 0 Å². The first kappa shape index (κ1) is 33.9. The molecule has 0 bridgehead atoms. The van der Waals surface area contributed by atoms with Gasteiger partial charge in [-0.3, -0.25) is 4.79 Å². The van der Waals surface area contributed by atoms with Crippen molar-refractivity contribution < 1.29 is 33.6 Å². The molecule has 266 valence electrons. The van der Waals surface area contributed by atoms with Crippen LogP contribution in [-0.4, -0.2) is 81.8 Å². The Balaban J connectivity index is 0.929. The van der Waals surface area contributed by atoms with Crippen molar-refractivity contribution in [2.75, 3.05) is 19.7 Å². The Morgan fingerprint density at radius 2 is 1.81 bits per heavy atom. The van der Waals surface area contributed by atoms with Crippen molar-refractivity contribution in [2.24, 2.45) is 39.9 Å². The topological polar surface area (TPSA) is 88.5 Å². The highest BCUT2D eigenvalue weighted by Gasteiger charge is 2.81. The van der Waals surface area contributed by atoms with E-state index in [2.05, 4.69) is 13.8 Å². The maximum atomic E-state index is 13.4.